The topological polar surface area (TPSA) is 59.6 Å². The highest BCUT2D eigenvalue weighted by molar-refractivity contribution is 5.81. The molecular formula is C16H24N2O3. The summed E-state index contributed by atoms with van der Waals surface area (Å²) in [6.45, 7) is 4.39. The number of rotatable bonds is 6. The number of carbonyl (C=O) groups excluding carboxylic acids is 1. The molecule has 1 fully saturated rings. The van der Waals surface area contributed by atoms with E-state index in [-0.39, 0.29) is 5.91 Å². The van der Waals surface area contributed by atoms with Crippen molar-refractivity contribution in [3.8, 4) is 11.5 Å². The molecule has 0 spiro atoms. The molecule has 116 valence electrons. The van der Waals surface area contributed by atoms with Crippen molar-refractivity contribution in [3.63, 3.8) is 0 Å². The number of hydrogen-bond acceptors (Lipinski definition) is 4. The molecule has 2 rings (SSSR count). The van der Waals surface area contributed by atoms with Gasteiger partial charge in [0.25, 0.3) is 5.91 Å². The maximum absolute atomic E-state index is 12.0. The highest BCUT2D eigenvalue weighted by atomic mass is 16.5. The van der Waals surface area contributed by atoms with Gasteiger partial charge in [-0.3, -0.25) is 4.79 Å². The van der Waals surface area contributed by atoms with Crippen molar-refractivity contribution in [1.82, 2.24) is 10.6 Å². The van der Waals surface area contributed by atoms with E-state index >= 15 is 0 Å². The van der Waals surface area contributed by atoms with Crippen molar-refractivity contribution in [3.05, 3.63) is 23.8 Å². The molecule has 0 aliphatic carbocycles. The van der Waals surface area contributed by atoms with Gasteiger partial charge < -0.3 is 20.1 Å². The molecule has 2 N–H and O–H groups in total. The zero-order valence-electron chi connectivity index (χ0n) is 12.8. The van der Waals surface area contributed by atoms with E-state index in [2.05, 4.69) is 17.6 Å². The monoisotopic (exact) mass is 292 g/mol. The van der Waals surface area contributed by atoms with Crippen molar-refractivity contribution >= 4 is 5.91 Å². The summed E-state index contributed by atoms with van der Waals surface area (Å²) in [6, 6.07) is 5.74. The molecule has 5 heteroatoms. The van der Waals surface area contributed by atoms with E-state index < -0.39 is 6.10 Å². The molecule has 5 nitrogen and oxygen atoms in total. The summed E-state index contributed by atoms with van der Waals surface area (Å²) in [5.41, 5.74) is 1.04. The maximum atomic E-state index is 12.0. The summed E-state index contributed by atoms with van der Waals surface area (Å²) in [4.78, 5) is 12.0. The van der Waals surface area contributed by atoms with Crippen molar-refractivity contribution < 1.29 is 14.3 Å². The largest absolute Gasteiger partial charge is 0.497 e. The van der Waals surface area contributed by atoms with Gasteiger partial charge >= 0.3 is 0 Å². The number of ether oxygens (including phenoxy) is 2. The first-order valence-corrected chi connectivity index (χ1v) is 7.56. The number of nitrogens with one attached hydrogen (secondary N) is 2. The number of methoxy groups -OCH3 is 1. The second kappa shape index (κ2) is 7.88. The van der Waals surface area contributed by atoms with Gasteiger partial charge in [-0.25, -0.2) is 0 Å². The summed E-state index contributed by atoms with van der Waals surface area (Å²) >= 11 is 0. The lowest BCUT2D eigenvalue weighted by molar-refractivity contribution is -0.127. The van der Waals surface area contributed by atoms with E-state index in [4.69, 9.17) is 9.47 Å². The molecular weight excluding hydrogens is 268 g/mol. The fraction of sp³-hybridized carbons (Fsp3) is 0.562. The van der Waals surface area contributed by atoms with Crippen LogP contribution < -0.4 is 20.1 Å². The highest BCUT2D eigenvalue weighted by Gasteiger charge is 2.23. The second-order valence-electron chi connectivity index (χ2n) is 5.15. The Hall–Kier alpha value is -1.75. The lowest BCUT2D eigenvalue weighted by atomic mass is 10.1. The molecule has 1 aromatic rings. The third-order valence-corrected chi connectivity index (χ3v) is 3.59. The molecule has 0 aromatic heterocycles. The molecule has 1 atom stereocenters. The minimum Gasteiger partial charge on any atom is -0.497 e. The molecule has 0 bridgehead atoms. The van der Waals surface area contributed by atoms with E-state index in [1.54, 1.807) is 7.11 Å². The molecule has 1 unspecified atom stereocenters. The Morgan fingerprint density at radius 1 is 1.38 bits per heavy atom. The molecule has 21 heavy (non-hydrogen) atoms. The van der Waals surface area contributed by atoms with Crippen molar-refractivity contribution in [2.24, 2.45) is 0 Å². The maximum Gasteiger partial charge on any atom is 0.261 e. The quantitative estimate of drug-likeness (QED) is 0.840. The third kappa shape index (κ3) is 4.36. The molecule has 1 aromatic carbocycles. The molecule has 1 aliphatic rings. The average Bonchev–Trinajstić information content (AvgIpc) is 2.71. The van der Waals surface area contributed by atoms with Gasteiger partial charge in [-0.2, -0.15) is 0 Å². The predicted octanol–water partition coefficient (Wildman–Crippen LogP) is 1.85. The first kappa shape index (κ1) is 15.6. The molecule has 1 heterocycles. The SMILES string of the molecule is CCNCc1ccc(OC)cc1OC1CCCCNC1=O. The Bertz CT molecular complexity index is 477. The van der Waals surface area contributed by atoms with Gasteiger partial charge in [-0.15, -0.1) is 0 Å². The summed E-state index contributed by atoms with van der Waals surface area (Å²) in [5, 5.41) is 6.18. The van der Waals surface area contributed by atoms with Gasteiger partial charge in [-0.1, -0.05) is 13.0 Å². The predicted molar refractivity (Wildman–Crippen MR) is 81.7 cm³/mol. The fourth-order valence-corrected chi connectivity index (χ4v) is 2.35. The van der Waals surface area contributed by atoms with Gasteiger partial charge in [0, 0.05) is 24.7 Å². The van der Waals surface area contributed by atoms with Gasteiger partial charge in [0.2, 0.25) is 0 Å². The normalized spacial score (nSPS) is 18.8. The van der Waals surface area contributed by atoms with E-state index in [1.165, 1.54) is 0 Å². The zero-order valence-corrected chi connectivity index (χ0v) is 12.8. The standard InChI is InChI=1S/C16H24N2O3/c1-3-17-11-12-7-8-13(20-2)10-15(12)21-14-6-4-5-9-18-16(14)19/h7-8,10,14,17H,3-6,9,11H2,1-2H3,(H,18,19). The highest BCUT2D eigenvalue weighted by Crippen LogP contribution is 2.27. The number of amides is 1. The summed E-state index contributed by atoms with van der Waals surface area (Å²) in [7, 11) is 1.63. The smallest absolute Gasteiger partial charge is 0.261 e. The molecule has 1 aliphatic heterocycles. The Kier molecular flexibility index (Phi) is 5.87. The Morgan fingerprint density at radius 2 is 2.24 bits per heavy atom. The lowest BCUT2D eigenvalue weighted by Crippen LogP contribution is -2.36. The van der Waals surface area contributed by atoms with Crippen LogP contribution in [0.25, 0.3) is 0 Å². The molecule has 0 radical (unpaired) electrons. The van der Waals surface area contributed by atoms with Crippen LogP contribution in [-0.2, 0) is 11.3 Å². The lowest BCUT2D eigenvalue weighted by Gasteiger charge is -2.19. The molecule has 0 saturated carbocycles. The van der Waals surface area contributed by atoms with Gasteiger partial charge in [0.15, 0.2) is 6.10 Å². The van der Waals surface area contributed by atoms with Gasteiger partial charge in [0.1, 0.15) is 11.5 Å². The van der Waals surface area contributed by atoms with E-state index in [0.29, 0.717) is 6.54 Å². The van der Waals surface area contributed by atoms with Crippen molar-refractivity contribution in [2.45, 2.75) is 38.8 Å². The minimum absolute atomic E-state index is 0.0234. The van der Waals surface area contributed by atoms with Crippen LogP contribution >= 0.6 is 0 Å². The first-order chi connectivity index (χ1) is 10.2. The van der Waals surface area contributed by atoms with Crippen LogP contribution in [0.2, 0.25) is 0 Å². The van der Waals surface area contributed by atoms with E-state index in [9.17, 15) is 4.79 Å². The van der Waals surface area contributed by atoms with Crippen LogP contribution in [0.3, 0.4) is 0 Å². The van der Waals surface area contributed by atoms with Crippen LogP contribution in [-0.4, -0.2) is 32.2 Å². The Labute approximate surface area is 126 Å². The van der Waals surface area contributed by atoms with Crippen molar-refractivity contribution in [2.75, 3.05) is 20.2 Å². The summed E-state index contributed by atoms with van der Waals surface area (Å²) in [6.07, 6.45) is 2.34. The summed E-state index contributed by atoms with van der Waals surface area (Å²) < 4.78 is 11.2. The van der Waals surface area contributed by atoms with Crippen molar-refractivity contribution in [1.29, 1.82) is 0 Å². The third-order valence-electron chi connectivity index (χ3n) is 3.59. The molecule has 1 saturated heterocycles. The van der Waals surface area contributed by atoms with Crippen LogP contribution in [0.15, 0.2) is 18.2 Å². The van der Waals surface area contributed by atoms with Crippen LogP contribution in [0, 0.1) is 0 Å². The van der Waals surface area contributed by atoms with Gasteiger partial charge in [0.05, 0.1) is 7.11 Å². The Balaban J connectivity index is 2.16. The van der Waals surface area contributed by atoms with Crippen LogP contribution in [0.5, 0.6) is 11.5 Å². The fourth-order valence-electron chi connectivity index (χ4n) is 2.35. The number of benzene rings is 1. The number of hydrogen-bond donors (Lipinski definition) is 2. The number of carbonyl (C=O) groups is 1. The first-order valence-electron chi connectivity index (χ1n) is 7.56. The Morgan fingerprint density at radius 3 is 3.00 bits per heavy atom. The van der Waals surface area contributed by atoms with E-state index in [1.807, 2.05) is 18.2 Å². The zero-order chi connectivity index (χ0) is 15.1. The molecule has 1 amide bonds. The van der Waals surface area contributed by atoms with E-state index in [0.717, 1.165) is 49.4 Å². The van der Waals surface area contributed by atoms with Crippen LogP contribution in [0.1, 0.15) is 31.7 Å². The minimum atomic E-state index is -0.417. The second-order valence-corrected chi connectivity index (χ2v) is 5.15. The van der Waals surface area contributed by atoms with Crippen LogP contribution in [0.4, 0.5) is 0 Å². The van der Waals surface area contributed by atoms with Gasteiger partial charge in [-0.05, 0) is 31.9 Å². The summed E-state index contributed by atoms with van der Waals surface area (Å²) in [5.74, 6) is 1.43. The average molecular weight is 292 g/mol.